The van der Waals surface area contributed by atoms with Crippen molar-refractivity contribution in [3.63, 3.8) is 0 Å². The van der Waals surface area contributed by atoms with Gasteiger partial charge in [0.15, 0.2) is 9.84 Å². The van der Waals surface area contributed by atoms with Gasteiger partial charge in [-0.15, -0.1) is 6.58 Å². The van der Waals surface area contributed by atoms with Crippen LogP contribution in [0.1, 0.15) is 137 Å². The average molecular weight is 746 g/mol. The zero-order valence-electron chi connectivity index (χ0n) is 31.9. The molecule has 52 heavy (non-hydrogen) atoms. The van der Waals surface area contributed by atoms with Gasteiger partial charge in [0.1, 0.15) is 12.1 Å². The van der Waals surface area contributed by atoms with Crippen molar-refractivity contribution in [1.29, 1.82) is 0 Å². The Morgan fingerprint density at radius 3 is 2.10 bits per heavy atom. The molecule has 5 rings (SSSR count). The van der Waals surface area contributed by atoms with Crippen molar-refractivity contribution in [2.45, 2.75) is 171 Å². The molecule has 5 fully saturated rings. The van der Waals surface area contributed by atoms with Gasteiger partial charge >= 0.3 is 6.03 Å². The first-order valence-corrected chi connectivity index (χ1v) is 21.6. The van der Waals surface area contributed by atoms with E-state index in [1.807, 2.05) is 13.8 Å². The summed E-state index contributed by atoms with van der Waals surface area (Å²) in [5.41, 5.74) is -1.55. The fourth-order valence-corrected chi connectivity index (χ4v) is 10.3. The number of hydrogen-bond acceptors (Lipinski definition) is 7. The summed E-state index contributed by atoms with van der Waals surface area (Å²) in [7, 11) is -3.58. The van der Waals surface area contributed by atoms with Crippen molar-refractivity contribution < 1.29 is 32.4 Å². The van der Waals surface area contributed by atoms with Crippen LogP contribution < -0.4 is 21.3 Å². The van der Waals surface area contributed by atoms with Gasteiger partial charge in [-0.2, -0.15) is 0 Å². The number of rotatable bonds is 16. The van der Waals surface area contributed by atoms with E-state index in [0.717, 1.165) is 64.2 Å². The average Bonchev–Trinajstić information content (AvgIpc) is 4.05. The summed E-state index contributed by atoms with van der Waals surface area (Å²) >= 11 is 0. The van der Waals surface area contributed by atoms with Gasteiger partial charge in [0.2, 0.25) is 17.6 Å². The molecule has 1 heterocycles. The van der Waals surface area contributed by atoms with Gasteiger partial charge in [0, 0.05) is 12.6 Å². The Morgan fingerprint density at radius 1 is 0.923 bits per heavy atom. The third-order valence-electron chi connectivity index (χ3n) is 12.9. The van der Waals surface area contributed by atoms with Crippen LogP contribution in [0.15, 0.2) is 12.7 Å². The molecular formula is C39H63N5O7S. The second-order valence-corrected chi connectivity index (χ2v) is 20.2. The van der Waals surface area contributed by atoms with E-state index in [0.29, 0.717) is 44.9 Å². The topological polar surface area (TPSA) is 171 Å². The molecule has 4 atom stereocenters. The highest BCUT2D eigenvalue weighted by Crippen LogP contribution is 2.41. The number of carbonyl (C=O) groups is 5. The number of Topliss-reactive ketones (excluding diaryl/α,β-unsaturated/α-hetero) is 1. The molecule has 4 saturated carbocycles. The first-order chi connectivity index (χ1) is 24.5. The number of nitrogens with zero attached hydrogens (tertiary/aromatic N) is 1. The molecule has 0 radical (unpaired) electrons. The van der Waals surface area contributed by atoms with Crippen LogP contribution in [0, 0.1) is 17.3 Å². The van der Waals surface area contributed by atoms with Gasteiger partial charge < -0.3 is 26.2 Å². The van der Waals surface area contributed by atoms with E-state index < -0.39 is 67.3 Å². The standard InChI is InChI=1S/C39H63N5O7S/c1-6-26-23-30(33(46)41-29(22-27-14-15-27)31(45)34(47)40-28-16-17-28)44(24-26)35(48)32(38(5)18-10-8-11-19-38)42-36(49)43-39(20-12-9-13-21-39)25-52(50,51)37(3,4)7-2/h6,26-30,32H,1,7-25H2,2-5H3,(H,40,47)(H,41,46)(H2,42,43,49)/t26-,29?,30+,32-/m1/s1. The minimum atomic E-state index is -3.58. The Morgan fingerprint density at radius 2 is 1.54 bits per heavy atom. The van der Waals surface area contributed by atoms with Crippen LogP contribution in [0.5, 0.6) is 0 Å². The summed E-state index contributed by atoms with van der Waals surface area (Å²) in [6, 6.07) is -3.43. The summed E-state index contributed by atoms with van der Waals surface area (Å²) in [5, 5.41) is 11.7. The minimum absolute atomic E-state index is 0.00777. The van der Waals surface area contributed by atoms with E-state index in [1.54, 1.807) is 19.9 Å². The molecule has 1 aliphatic heterocycles. The van der Waals surface area contributed by atoms with E-state index in [2.05, 4.69) is 27.8 Å². The maximum absolute atomic E-state index is 14.8. The molecule has 5 aliphatic rings. The van der Waals surface area contributed by atoms with E-state index >= 15 is 0 Å². The molecule has 0 aromatic heterocycles. The van der Waals surface area contributed by atoms with Crippen molar-refractivity contribution in [2.75, 3.05) is 12.3 Å². The van der Waals surface area contributed by atoms with Crippen molar-refractivity contribution in [1.82, 2.24) is 26.2 Å². The molecule has 0 spiro atoms. The molecule has 1 unspecified atom stereocenters. The summed E-state index contributed by atoms with van der Waals surface area (Å²) in [4.78, 5) is 70.5. The lowest BCUT2D eigenvalue weighted by Gasteiger charge is -2.44. The normalized spacial score (nSPS) is 25.7. The molecule has 0 aromatic carbocycles. The van der Waals surface area contributed by atoms with Gasteiger partial charge in [0.05, 0.1) is 22.1 Å². The lowest BCUT2D eigenvalue weighted by atomic mass is 9.70. The number of hydrogen-bond donors (Lipinski definition) is 4. The molecular weight excluding hydrogens is 683 g/mol. The summed E-state index contributed by atoms with van der Waals surface area (Å²) in [5.74, 6) is -2.29. The van der Waals surface area contributed by atoms with Crippen LogP contribution in [0.2, 0.25) is 0 Å². The fourth-order valence-electron chi connectivity index (χ4n) is 8.43. The zero-order valence-corrected chi connectivity index (χ0v) is 32.7. The van der Waals surface area contributed by atoms with Gasteiger partial charge in [0.25, 0.3) is 5.91 Å². The van der Waals surface area contributed by atoms with Crippen LogP contribution in [-0.4, -0.2) is 89.6 Å². The highest BCUT2D eigenvalue weighted by Gasteiger charge is 2.49. The smallest absolute Gasteiger partial charge is 0.315 e. The number of carbonyl (C=O) groups excluding carboxylic acids is 5. The minimum Gasteiger partial charge on any atom is -0.347 e. The number of amides is 5. The molecule has 13 heteroatoms. The zero-order chi connectivity index (χ0) is 37.9. The SMILES string of the molecule is C=C[C@@H]1C[C@@H](C(=O)NC(CC2CC2)C(=O)C(=O)NC2CC2)N(C(=O)[C@@H](NC(=O)NC2(CS(=O)(=O)C(C)(C)CC)CCCCC2)C2(C)CCCCC2)C1. The Labute approximate surface area is 310 Å². The summed E-state index contributed by atoms with van der Waals surface area (Å²) in [6.07, 6.45) is 14.3. The van der Waals surface area contributed by atoms with Crippen molar-refractivity contribution >= 4 is 39.4 Å². The van der Waals surface area contributed by atoms with Gasteiger partial charge in [-0.1, -0.05) is 71.3 Å². The molecule has 292 valence electrons. The van der Waals surface area contributed by atoms with E-state index in [4.69, 9.17) is 0 Å². The summed E-state index contributed by atoms with van der Waals surface area (Å²) < 4.78 is 26.3. The lowest BCUT2D eigenvalue weighted by Crippen LogP contribution is -2.64. The predicted octanol–water partition coefficient (Wildman–Crippen LogP) is 4.47. The maximum Gasteiger partial charge on any atom is 0.315 e. The number of sulfone groups is 1. The van der Waals surface area contributed by atoms with Crippen LogP contribution >= 0.6 is 0 Å². The van der Waals surface area contributed by atoms with Gasteiger partial charge in [-0.25, -0.2) is 13.2 Å². The highest BCUT2D eigenvalue weighted by molar-refractivity contribution is 7.92. The molecule has 5 amide bonds. The molecule has 4 N–H and O–H groups in total. The first kappa shape index (κ1) is 40.2. The van der Waals surface area contributed by atoms with Crippen molar-refractivity contribution in [2.24, 2.45) is 17.3 Å². The fraction of sp³-hybridized carbons (Fsp3) is 0.821. The number of urea groups is 1. The molecule has 4 aliphatic carbocycles. The van der Waals surface area contributed by atoms with Gasteiger partial charge in [-0.3, -0.25) is 19.2 Å². The third kappa shape index (κ3) is 9.58. The Balaban J connectivity index is 1.37. The van der Waals surface area contributed by atoms with E-state index in [-0.39, 0.29) is 36.1 Å². The Hall–Kier alpha value is -2.96. The molecule has 12 nitrogen and oxygen atoms in total. The number of nitrogens with one attached hydrogen (secondary N) is 4. The van der Waals surface area contributed by atoms with Crippen molar-refractivity contribution in [3.8, 4) is 0 Å². The van der Waals surface area contributed by atoms with E-state index in [9.17, 15) is 32.4 Å². The summed E-state index contributed by atoms with van der Waals surface area (Å²) in [6.45, 7) is 11.5. The van der Waals surface area contributed by atoms with Crippen LogP contribution in [0.4, 0.5) is 4.79 Å². The monoisotopic (exact) mass is 745 g/mol. The second-order valence-electron chi connectivity index (χ2n) is 17.5. The molecule has 1 saturated heterocycles. The second kappa shape index (κ2) is 16.2. The lowest BCUT2D eigenvalue weighted by molar-refractivity contribution is -0.144. The number of likely N-dealkylation sites (tertiary alicyclic amines) is 1. The quantitative estimate of drug-likeness (QED) is 0.133. The third-order valence-corrected chi connectivity index (χ3v) is 15.8. The molecule has 0 aromatic rings. The largest absolute Gasteiger partial charge is 0.347 e. The van der Waals surface area contributed by atoms with Crippen LogP contribution in [0.3, 0.4) is 0 Å². The molecule has 0 bridgehead atoms. The Bertz CT molecular complexity index is 1470. The van der Waals surface area contributed by atoms with Gasteiger partial charge in [-0.05, 0) is 88.9 Å². The van der Waals surface area contributed by atoms with Crippen molar-refractivity contribution in [3.05, 3.63) is 12.7 Å². The number of ketones is 1. The van der Waals surface area contributed by atoms with Crippen LogP contribution in [-0.2, 0) is 29.0 Å². The van der Waals surface area contributed by atoms with E-state index in [1.165, 1.54) is 4.90 Å². The maximum atomic E-state index is 14.8. The highest BCUT2D eigenvalue weighted by atomic mass is 32.2. The predicted molar refractivity (Wildman–Crippen MR) is 200 cm³/mol. The Kier molecular flexibility index (Phi) is 12.5. The first-order valence-electron chi connectivity index (χ1n) is 19.9. The van der Waals surface area contributed by atoms with Crippen LogP contribution in [0.25, 0.3) is 0 Å².